The van der Waals surface area contributed by atoms with Gasteiger partial charge >= 0.3 is 0 Å². The van der Waals surface area contributed by atoms with E-state index in [0.717, 1.165) is 69.7 Å². The zero-order valence-corrected chi connectivity index (χ0v) is 45.1. The molecule has 0 N–H and O–H groups in total. The summed E-state index contributed by atoms with van der Waals surface area (Å²) in [6.45, 7) is 6.95. The molecule has 1 spiro atoms. The molecule has 3 aliphatic rings. The Kier molecular flexibility index (Phi) is 13.6. The summed E-state index contributed by atoms with van der Waals surface area (Å²) in [5.74, 6) is 0.305. The van der Waals surface area contributed by atoms with E-state index in [1.807, 2.05) is 6.08 Å². The molecule has 10 aromatic carbocycles. The van der Waals surface area contributed by atoms with Gasteiger partial charge in [0.25, 0.3) is 0 Å². The van der Waals surface area contributed by atoms with Gasteiger partial charge in [0.05, 0.1) is 5.41 Å². The maximum absolute atomic E-state index is 3.93. The lowest BCUT2D eigenvalue weighted by atomic mass is 9.70. The highest BCUT2D eigenvalue weighted by Gasteiger charge is 2.53. The van der Waals surface area contributed by atoms with Gasteiger partial charge in [-0.3, -0.25) is 0 Å². The molecule has 0 radical (unpaired) electrons. The fourth-order valence-corrected chi connectivity index (χ4v) is 12.5. The number of hydrogen-bond donors (Lipinski definition) is 0. The van der Waals surface area contributed by atoms with Crippen LogP contribution >= 0.6 is 0 Å². The van der Waals surface area contributed by atoms with Crippen molar-refractivity contribution in [2.75, 3.05) is 26.1 Å². The minimum absolute atomic E-state index is 0.305. The summed E-state index contributed by atoms with van der Waals surface area (Å²) in [5, 5.41) is 0. The van der Waals surface area contributed by atoms with Crippen LogP contribution in [-0.2, 0) is 5.41 Å². The number of allylic oxidation sites excluding steroid dienone is 8. The maximum atomic E-state index is 3.93. The van der Waals surface area contributed by atoms with E-state index < -0.39 is 5.41 Å². The Labute approximate surface area is 471 Å². The first-order valence-electron chi connectivity index (χ1n) is 28.0. The lowest BCUT2D eigenvalue weighted by Crippen LogP contribution is -2.28. The van der Waals surface area contributed by atoms with Gasteiger partial charge < -0.3 is 19.6 Å². The number of hydrogen-bond acceptors (Lipinski definition) is 4. The highest BCUT2D eigenvalue weighted by atomic mass is 15.2. The molecule has 386 valence electrons. The average molecular weight is 1030 g/mol. The van der Waals surface area contributed by atoms with Crippen LogP contribution in [0.1, 0.15) is 42.0 Å². The standard InChI is InChI=1S/C76H62N4/c1-3-4-5-6-7-28-51-77(57-30-14-8-15-31-57)63-43-47-67-70-50-46-66(80(62-40-24-13-25-41-62)75-42-27-26-29-56(75)2)55-74(70)76(71(67)52-63)72-53-64(78(58-32-16-9-17-33-58)59-34-18-10-19-35-59)44-48-68(72)69-49-45-65(54-73(69)76)79(60-36-20-11-21-37-60)61-38-22-12-23-39-61/h3,5-28,30-50,52-56H,1,4,29,51H2,2H3/b6-5-,28-7-. The minimum atomic E-state index is -0.800. The van der Waals surface area contributed by atoms with Crippen molar-refractivity contribution in [2.24, 2.45) is 5.92 Å². The molecule has 4 nitrogen and oxygen atoms in total. The largest absolute Gasteiger partial charge is 0.338 e. The number of nitrogens with zero attached hydrogens (tertiary/aromatic N) is 4. The topological polar surface area (TPSA) is 13.0 Å². The van der Waals surface area contributed by atoms with Gasteiger partial charge in [-0.15, -0.1) is 6.58 Å². The Morgan fingerprint density at radius 3 is 1.15 bits per heavy atom. The zero-order chi connectivity index (χ0) is 53.8. The Balaban J connectivity index is 1.12. The molecule has 80 heavy (non-hydrogen) atoms. The number of fused-ring (bicyclic) bond motifs is 10. The number of benzene rings is 10. The van der Waals surface area contributed by atoms with E-state index in [1.54, 1.807) is 0 Å². The molecule has 0 saturated carbocycles. The molecule has 0 aromatic heterocycles. The smallest absolute Gasteiger partial charge is 0.0728 e. The Morgan fingerprint density at radius 2 is 0.750 bits per heavy atom. The van der Waals surface area contributed by atoms with Crippen LogP contribution in [0.3, 0.4) is 0 Å². The van der Waals surface area contributed by atoms with E-state index in [-0.39, 0.29) is 0 Å². The normalized spacial score (nSPS) is 14.3. The van der Waals surface area contributed by atoms with Crippen LogP contribution in [0.25, 0.3) is 22.3 Å². The van der Waals surface area contributed by atoms with Gasteiger partial charge in [-0.1, -0.05) is 183 Å². The molecular formula is C76H62N4. The third kappa shape index (κ3) is 8.95. The summed E-state index contributed by atoms with van der Waals surface area (Å²) in [4.78, 5) is 9.77. The van der Waals surface area contributed by atoms with Crippen LogP contribution in [0.15, 0.2) is 316 Å². The van der Waals surface area contributed by atoms with E-state index in [0.29, 0.717) is 12.5 Å². The van der Waals surface area contributed by atoms with E-state index >= 15 is 0 Å². The van der Waals surface area contributed by atoms with E-state index in [4.69, 9.17) is 0 Å². The Morgan fingerprint density at radius 1 is 0.400 bits per heavy atom. The number of para-hydroxylation sites is 6. The quantitative estimate of drug-likeness (QED) is 0.0706. The van der Waals surface area contributed by atoms with E-state index in [2.05, 4.69) is 330 Å². The minimum Gasteiger partial charge on any atom is -0.338 e. The highest BCUT2D eigenvalue weighted by molar-refractivity contribution is 5.99. The fourth-order valence-electron chi connectivity index (χ4n) is 12.5. The molecule has 13 rings (SSSR count). The van der Waals surface area contributed by atoms with Crippen LogP contribution in [0, 0.1) is 5.92 Å². The van der Waals surface area contributed by atoms with Crippen molar-refractivity contribution in [3.63, 3.8) is 0 Å². The van der Waals surface area contributed by atoms with Crippen molar-refractivity contribution in [1.29, 1.82) is 0 Å². The second kappa shape index (κ2) is 21.9. The summed E-state index contributed by atoms with van der Waals surface area (Å²) in [6.07, 6.45) is 19.3. The number of anilines is 10. The predicted molar refractivity (Wildman–Crippen MR) is 338 cm³/mol. The van der Waals surface area contributed by atoms with Crippen LogP contribution < -0.4 is 19.6 Å². The van der Waals surface area contributed by atoms with Gasteiger partial charge in [-0.05, 0) is 185 Å². The highest BCUT2D eigenvalue weighted by Crippen LogP contribution is 2.65. The molecular weight excluding hydrogens is 969 g/mol. The fraction of sp³-hybridized carbons (Fsp3) is 0.0789. The molecule has 0 bridgehead atoms. The molecule has 10 aromatic rings. The van der Waals surface area contributed by atoms with Crippen molar-refractivity contribution in [3.8, 4) is 22.3 Å². The summed E-state index contributed by atoms with van der Waals surface area (Å²) in [5.41, 5.74) is 21.4. The first-order valence-corrected chi connectivity index (χ1v) is 28.0. The van der Waals surface area contributed by atoms with E-state index in [1.165, 1.54) is 50.2 Å². The summed E-state index contributed by atoms with van der Waals surface area (Å²) in [7, 11) is 0. The lowest BCUT2D eigenvalue weighted by Gasteiger charge is -2.36. The molecule has 0 amide bonds. The molecule has 3 aliphatic carbocycles. The predicted octanol–water partition coefficient (Wildman–Crippen LogP) is 20.4. The molecule has 0 heterocycles. The number of rotatable bonds is 16. The van der Waals surface area contributed by atoms with Crippen molar-refractivity contribution in [2.45, 2.75) is 25.2 Å². The average Bonchev–Trinajstić information content (AvgIpc) is 4.21. The third-order valence-electron chi connectivity index (χ3n) is 16.1. The first-order chi connectivity index (χ1) is 39.6. The summed E-state index contributed by atoms with van der Waals surface area (Å²) < 4.78 is 0. The molecule has 0 aliphatic heterocycles. The molecule has 0 saturated heterocycles. The van der Waals surface area contributed by atoms with Crippen molar-refractivity contribution in [3.05, 3.63) is 338 Å². The Bertz CT molecular complexity index is 3750. The molecule has 0 fully saturated rings. The lowest BCUT2D eigenvalue weighted by molar-refractivity contribution is 0.670. The van der Waals surface area contributed by atoms with Crippen molar-refractivity contribution in [1.82, 2.24) is 0 Å². The van der Waals surface area contributed by atoms with Gasteiger partial charge in [0.2, 0.25) is 0 Å². The van der Waals surface area contributed by atoms with Gasteiger partial charge in [-0.25, -0.2) is 0 Å². The van der Waals surface area contributed by atoms with Crippen LogP contribution in [-0.4, -0.2) is 6.54 Å². The second-order valence-corrected chi connectivity index (χ2v) is 20.8. The maximum Gasteiger partial charge on any atom is 0.0728 e. The van der Waals surface area contributed by atoms with Gasteiger partial charge in [0.1, 0.15) is 0 Å². The molecule has 1 atom stereocenters. The molecule has 4 heteroatoms. The van der Waals surface area contributed by atoms with Crippen molar-refractivity contribution < 1.29 is 0 Å². The van der Waals surface area contributed by atoms with Crippen LogP contribution in [0.5, 0.6) is 0 Å². The Hall–Kier alpha value is -9.90. The van der Waals surface area contributed by atoms with E-state index in [9.17, 15) is 0 Å². The van der Waals surface area contributed by atoms with Crippen LogP contribution in [0.4, 0.5) is 56.9 Å². The first kappa shape index (κ1) is 49.7. The third-order valence-corrected chi connectivity index (χ3v) is 16.1. The van der Waals surface area contributed by atoms with Crippen LogP contribution in [0.2, 0.25) is 0 Å². The van der Waals surface area contributed by atoms with Gasteiger partial charge in [-0.2, -0.15) is 0 Å². The van der Waals surface area contributed by atoms with Gasteiger partial charge in [0, 0.05) is 75.0 Å². The van der Waals surface area contributed by atoms with Gasteiger partial charge in [0.15, 0.2) is 0 Å². The second-order valence-electron chi connectivity index (χ2n) is 20.8. The summed E-state index contributed by atoms with van der Waals surface area (Å²) in [6, 6.07) is 94.0. The SMILES string of the molecule is C=CC/C=C\C=C/CN(c1ccccc1)c1ccc2c(c1)C1(c3cc(N(C4=CC=CCC4C)c4ccccc4)ccc3-2)c2cc(N(c3ccccc3)c3ccccc3)ccc2-c2ccc(N(c3ccccc3)c3ccccc3)cc21. The summed E-state index contributed by atoms with van der Waals surface area (Å²) >= 11 is 0. The molecule has 1 unspecified atom stereocenters. The van der Waals surface area contributed by atoms with Crippen molar-refractivity contribution >= 4 is 56.9 Å². The zero-order valence-electron chi connectivity index (χ0n) is 45.1. The monoisotopic (exact) mass is 1030 g/mol.